The summed E-state index contributed by atoms with van der Waals surface area (Å²) in [5.74, 6) is 1.18. The van der Waals surface area contributed by atoms with Crippen molar-refractivity contribution in [1.29, 1.82) is 0 Å². The van der Waals surface area contributed by atoms with E-state index in [1.165, 1.54) is 28.4 Å². The molecule has 9 heteroatoms. The van der Waals surface area contributed by atoms with Gasteiger partial charge in [-0.25, -0.2) is 8.42 Å². The van der Waals surface area contributed by atoms with E-state index in [0.717, 1.165) is 24.8 Å². The van der Waals surface area contributed by atoms with E-state index in [-0.39, 0.29) is 34.7 Å². The van der Waals surface area contributed by atoms with Crippen molar-refractivity contribution < 1.29 is 27.4 Å². The summed E-state index contributed by atoms with van der Waals surface area (Å²) in [6.07, 6.45) is 2.63. The SMILES string of the molecule is COc1ccc(CN(C)C(=O)c2ccc(OC)c(S(=O)(=O)N3CCCCC3C)c2)c(OC)c1. The van der Waals surface area contributed by atoms with Gasteiger partial charge in [0, 0.05) is 43.4 Å². The maximum Gasteiger partial charge on any atom is 0.253 e. The Morgan fingerprint density at radius 3 is 2.39 bits per heavy atom. The van der Waals surface area contributed by atoms with Gasteiger partial charge in [-0.2, -0.15) is 4.31 Å². The molecule has 0 saturated carbocycles. The van der Waals surface area contributed by atoms with Crippen LogP contribution in [0.5, 0.6) is 17.2 Å². The molecule has 1 saturated heterocycles. The molecule has 1 atom stereocenters. The fourth-order valence-electron chi connectivity index (χ4n) is 4.10. The van der Waals surface area contributed by atoms with Gasteiger partial charge < -0.3 is 19.1 Å². The lowest BCUT2D eigenvalue weighted by atomic mass is 10.1. The average molecular weight is 477 g/mol. The molecule has 1 aliphatic heterocycles. The summed E-state index contributed by atoms with van der Waals surface area (Å²) in [6, 6.07) is 9.83. The predicted octanol–water partition coefficient (Wildman–Crippen LogP) is 3.55. The average Bonchev–Trinajstić information content (AvgIpc) is 2.83. The highest BCUT2D eigenvalue weighted by molar-refractivity contribution is 7.89. The number of sulfonamides is 1. The Kier molecular flexibility index (Phi) is 7.86. The van der Waals surface area contributed by atoms with Gasteiger partial charge in [0.25, 0.3) is 5.91 Å². The zero-order chi connectivity index (χ0) is 24.2. The van der Waals surface area contributed by atoms with Crippen molar-refractivity contribution in [2.45, 2.75) is 43.7 Å². The van der Waals surface area contributed by atoms with Crippen LogP contribution < -0.4 is 14.2 Å². The lowest BCUT2D eigenvalue weighted by molar-refractivity contribution is 0.0784. The van der Waals surface area contributed by atoms with Gasteiger partial charge in [-0.1, -0.05) is 6.42 Å². The van der Waals surface area contributed by atoms with E-state index in [4.69, 9.17) is 14.2 Å². The summed E-state index contributed by atoms with van der Waals surface area (Å²) < 4.78 is 44.4. The number of methoxy groups -OCH3 is 3. The van der Waals surface area contributed by atoms with Crippen LogP contribution in [0, 0.1) is 0 Å². The van der Waals surface area contributed by atoms with Crippen molar-refractivity contribution in [1.82, 2.24) is 9.21 Å². The molecule has 0 spiro atoms. The number of carbonyl (C=O) groups excluding carboxylic acids is 1. The second-order valence-corrected chi connectivity index (χ2v) is 10.0. The Hall–Kier alpha value is -2.78. The number of hydrogen-bond acceptors (Lipinski definition) is 6. The van der Waals surface area contributed by atoms with Crippen molar-refractivity contribution in [3.05, 3.63) is 47.5 Å². The Labute approximate surface area is 196 Å². The second-order valence-electron chi connectivity index (χ2n) is 8.17. The molecule has 2 aromatic rings. The summed E-state index contributed by atoms with van der Waals surface area (Å²) in [7, 11) is 2.41. The highest BCUT2D eigenvalue weighted by atomic mass is 32.2. The summed E-state index contributed by atoms with van der Waals surface area (Å²) in [4.78, 5) is 14.7. The van der Waals surface area contributed by atoms with Gasteiger partial charge in [0.2, 0.25) is 10.0 Å². The summed E-state index contributed by atoms with van der Waals surface area (Å²) in [6.45, 7) is 2.65. The van der Waals surface area contributed by atoms with Gasteiger partial charge in [0.15, 0.2) is 0 Å². The van der Waals surface area contributed by atoms with Crippen LogP contribution in [0.3, 0.4) is 0 Å². The largest absolute Gasteiger partial charge is 0.497 e. The van der Waals surface area contributed by atoms with Crippen LogP contribution in [0.4, 0.5) is 0 Å². The molecular formula is C24H32N2O6S. The maximum absolute atomic E-state index is 13.4. The van der Waals surface area contributed by atoms with E-state index in [1.807, 2.05) is 13.0 Å². The molecule has 0 aromatic heterocycles. The molecular weight excluding hydrogens is 444 g/mol. The lowest BCUT2D eigenvalue weighted by Gasteiger charge is -2.32. The van der Waals surface area contributed by atoms with Gasteiger partial charge in [0.1, 0.15) is 22.1 Å². The van der Waals surface area contributed by atoms with E-state index in [9.17, 15) is 13.2 Å². The third-order valence-corrected chi connectivity index (χ3v) is 8.02. The van der Waals surface area contributed by atoms with Crippen LogP contribution >= 0.6 is 0 Å². The minimum absolute atomic E-state index is 0.0139. The van der Waals surface area contributed by atoms with Gasteiger partial charge >= 0.3 is 0 Å². The molecule has 0 aliphatic carbocycles. The zero-order valence-corrected chi connectivity index (χ0v) is 20.6. The Morgan fingerprint density at radius 1 is 1.03 bits per heavy atom. The molecule has 1 unspecified atom stereocenters. The van der Waals surface area contributed by atoms with Crippen LogP contribution in [0.15, 0.2) is 41.3 Å². The molecule has 33 heavy (non-hydrogen) atoms. The van der Waals surface area contributed by atoms with E-state index in [1.54, 1.807) is 39.5 Å². The highest BCUT2D eigenvalue weighted by Gasteiger charge is 2.33. The van der Waals surface area contributed by atoms with Crippen molar-refractivity contribution in [3.63, 3.8) is 0 Å². The van der Waals surface area contributed by atoms with E-state index in [2.05, 4.69) is 0 Å². The summed E-state index contributed by atoms with van der Waals surface area (Å²) >= 11 is 0. The monoisotopic (exact) mass is 476 g/mol. The molecule has 8 nitrogen and oxygen atoms in total. The second kappa shape index (κ2) is 10.4. The number of ether oxygens (including phenoxy) is 3. The normalized spacial score (nSPS) is 16.8. The first kappa shape index (κ1) is 24.9. The first-order chi connectivity index (χ1) is 15.7. The number of carbonyl (C=O) groups is 1. The molecule has 1 aliphatic rings. The first-order valence-electron chi connectivity index (χ1n) is 10.9. The van der Waals surface area contributed by atoms with E-state index >= 15 is 0 Å². The maximum atomic E-state index is 13.4. The van der Waals surface area contributed by atoms with E-state index in [0.29, 0.717) is 18.0 Å². The Bertz CT molecular complexity index is 1100. The molecule has 1 fully saturated rings. The number of rotatable bonds is 8. The lowest BCUT2D eigenvalue weighted by Crippen LogP contribution is -2.42. The van der Waals surface area contributed by atoms with Crippen LogP contribution in [-0.4, -0.2) is 64.5 Å². The summed E-state index contributed by atoms with van der Waals surface area (Å²) in [5.41, 5.74) is 1.08. The standard InChI is InChI=1S/C24H32N2O6S/c1-17-8-6-7-13-26(17)33(28,29)23-14-18(10-12-21(23)31-4)24(27)25(2)16-19-9-11-20(30-3)15-22(19)32-5/h9-12,14-15,17H,6-8,13,16H2,1-5H3. The fourth-order valence-corrected chi connectivity index (χ4v) is 5.98. The van der Waals surface area contributed by atoms with Gasteiger partial charge in [0.05, 0.1) is 21.3 Å². The number of benzene rings is 2. The third-order valence-electron chi connectivity index (χ3n) is 5.99. The van der Waals surface area contributed by atoms with Gasteiger partial charge in [-0.05, 0) is 50.1 Å². The van der Waals surface area contributed by atoms with Crippen LogP contribution in [0.1, 0.15) is 42.1 Å². The molecule has 1 heterocycles. The smallest absolute Gasteiger partial charge is 0.253 e. The van der Waals surface area contributed by atoms with Gasteiger partial charge in [-0.15, -0.1) is 0 Å². The zero-order valence-electron chi connectivity index (χ0n) is 19.8. The van der Waals surface area contributed by atoms with Crippen molar-refractivity contribution >= 4 is 15.9 Å². The predicted molar refractivity (Wildman–Crippen MR) is 126 cm³/mol. The molecule has 2 aromatic carbocycles. The Balaban J connectivity index is 1.90. The topological polar surface area (TPSA) is 85.4 Å². The summed E-state index contributed by atoms with van der Waals surface area (Å²) in [5, 5.41) is 0. The third kappa shape index (κ3) is 5.25. The first-order valence-corrected chi connectivity index (χ1v) is 12.3. The van der Waals surface area contributed by atoms with Crippen molar-refractivity contribution in [2.24, 2.45) is 0 Å². The van der Waals surface area contributed by atoms with E-state index < -0.39 is 10.0 Å². The van der Waals surface area contributed by atoms with Crippen molar-refractivity contribution in [2.75, 3.05) is 34.9 Å². The van der Waals surface area contributed by atoms with Gasteiger partial charge in [-0.3, -0.25) is 4.79 Å². The minimum Gasteiger partial charge on any atom is -0.497 e. The molecule has 0 bridgehead atoms. The van der Waals surface area contributed by atoms with Crippen LogP contribution in [0.2, 0.25) is 0 Å². The molecule has 180 valence electrons. The number of nitrogens with zero attached hydrogens (tertiary/aromatic N) is 2. The van der Waals surface area contributed by atoms with Crippen LogP contribution in [0.25, 0.3) is 0 Å². The number of piperidine rings is 1. The molecule has 1 amide bonds. The number of amides is 1. The quantitative estimate of drug-likeness (QED) is 0.579. The highest BCUT2D eigenvalue weighted by Crippen LogP contribution is 2.32. The van der Waals surface area contributed by atoms with Crippen LogP contribution in [-0.2, 0) is 16.6 Å². The molecule has 0 radical (unpaired) electrons. The van der Waals surface area contributed by atoms with Crippen molar-refractivity contribution in [3.8, 4) is 17.2 Å². The molecule has 3 rings (SSSR count). The Morgan fingerprint density at radius 2 is 1.76 bits per heavy atom. The fraction of sp³-hybridized carbons (Fsp3) is 0.458. The molecule has 0 N–H and O–H groups in total. The number of hydrogen-bond donors (Lipinski definition) is 0. The minimum atomic E-state index is -3.81.